The van der Waals surface area contributed by atoms with Crippen molar-refractivity contribution in [3.05, 3.63) is 64.2 Å². The van der Waals surface area contributed by atoms with Crippen molar-refractivity contribution in [2.45, 2.75) is 6.61 Å². The summed E-state index contributed by atoms with van der Waals surface area (Å²) in [5.74, 6) is -0.801. The third-order valence-corrected chi connectivity index (χ3v) is 3.47. The first-order chi connectivity index (χ1) is 11.0. The lowest BCUT2D eigenvalue weighted by Crippen LogP contribution is -2.08. The van der Waals surface area contributed by atoms with E-state index < -0.39 is 11.9 Å². The standard InChI is InChI=1S/C17H15ClO5/c1-21-16(19)12-7-13(17(20)22-2)9-14(8-12)23-10-11-5-3-4-6-15(11)18/h3-9H,10H2,1-2H3. The summed E-state index contributed by atoms with van der Waals surface area (Å²) in [6.45, 7) is 0.199. The Kier molecular flexibility index (Phi) is 5.60. The van der Waals surface area contributed by atoms with Crippen LogP contribution in [0, 0.1) is 0 Å². The van der Waals surface area contributed by atoms with Crippen molar-refractivity contribution in [1.82, 2.24) is 0 Å². The minimum Gasteiger partial charge on any atom is -0.489 e. The smallest absolute Gasteiger partial charge is 0.338 e. The van der Waals surface area contributed by atoms with E-state index in [1.165, 1.54) is 32.4 Å². The van der Waals surface area contributed by atoms with Crippen LogP contribution in [0.3, 0.4) is 0 Å². The highest BCUT2D eigenvalue weighted by Gasteiger charge is 2.14. The van der Waals surface area contributed by atoms with Gasteiger partial charge in [-0.3, -0.25) is 0 Å². The molecular weight excluding hydrogens is 320 g/mol. The zero-order valence-corrected chi connectivity index (χ0v) is 13.4. The fourth-order valence-electron chi connectivity index (χ4n) is 1.93. The first kappa shape index (κ1) is 16.8. The molecule has 5 nitrogen and oxygen atoms in total. The third-order valence-electron chi connectivity index (χ3n) is 3.10. The number of benzene rings is 2. The van der Waals surface area contributed by atoms with Crippen LogP contribution in [0.4, 0.5) is 0 Å². The summed E-state index contributed by atoms with van der Waals surface area (Å²) in [7, 11) is 2.52. The molecule has 0 unspecified atom stereocenters. The van der Waals surface area contributed by atoms with Gasteiger partial charge in [0.25, 0.3) is 0 Å². The van der Waals surface area contributed by atoms with E-state index in [-0.39, 0.29) is 17.7 Å². The number of hydrogen-bond donors (Lipinski definition) is 0. The van der Waals surface area contributed by atoms with Crippen molar-refractivity contribution in [2.24, 2.45) is 0 Å². The summed E-state index contributed by atoms with van der Waals surface area (Å²) in [5, 5.41) is 0.574. The Morgan fingerprint density at radius 2 is 1.52 bits per heavy atom. The summed E-state index contributed by atoms with van der Waals surface area (Å²) in [5.41, 5.74) is 1.19. The summed E-state index contributed by atoms with van der Waals surface area (Å²) in [6.07, 6.45) is 0. The Morgan fingerprint density at radius 1 is 0.957 bits per heavy atom. The molecule has 2 aromatic rings. The second-order valence-corrected chi connectivity index (χ2v) is 5.02. The fourth-order valence-corrected chi connectivity index (χ4v) is 2.12. The lowest BCUT2D eigenvalue weighted by molar-refractivity contribution is 0.0598. The molecule has 0 saturated carbocycles. The van der Waals surface area contributed by atoms with Crippen molar-refractivity contribution in [3.63, 3.8) is 0 Å². The van der Waals surface area contributed by atoms with Gasteiger partial charge in [0, 0.05) is 10.6 Å². The van der Waals surface area contributed by atoms with Crippen molar-refractivity contribution < 1.29 is 23.8 Å². The molecule has 0 saturated heterocycles. The number of carbonyl (C=O) groups excluding carboxylic acids is 2. The second-order valence-electron chi connectivity index (χ2n) is 4.61. The number of rotatable bonds is 5. The zero-order valence-electron chi connectivity index (χ0n) is 12.7. The quantitative estimate of drug-likeness (QED) is 0.783. The Balaban J connectivity index is 2.28. The van der Waals surface area contributed by atoms with Crippen LogP contribution >= 0.6 is 11.6 Å². The Labute approximate surface area is 138 Å². The minimum absolute atomic E-state index is 0.199. The molecule has 0 bridgehead atoms. The minimum atomic E-state index is -0.571. The van der Waals surface area contributed by atoms with Gasteiger partial charge in [0.05, 0.1) is 25.3 Å². The topological polar surface area (TPSA) is 61.8 Å². The van der Waals surface area contributed by atoms with Gasteiger partial charge in [-0.2, -0.15) is 0 Å². The second kappa shape index (κ2) is 7.65. The van der Waals surface area contributed by atoms with Crippen LogP contribution in [-0.2, 0) is 16.1 Å². The molecule has 0 fully saturated rings. The van der Waals surface area contributed by atoms with Gasteiger partial charge in [-0.1, -0.05) is 29.8 Å². The summed E-state index contributed by atoms with van der Waals surface area (Å²) in [6, 6.07) is 11.6. The van der Waals surface area contributed by atoms with Crippen molar-refractivity contribution >= 4 is 23.5 Å². The Bertz CT molecular complexity index is 692. The number of carbonyl (C=O) groups is 2. The molecule has 0 heterocycles. The van der Waals surface area contributed by atoms with Crippen LogP contribution in [0.1, 0.15) is 26.3 Å². The first-order valence-electron chi connectivity index (χ1n) is 6.73. The lowest BCUT2D eigenvalue weighted by atomic mass is 10.1. The van der Waals surface area contributed by atoms with Gasteiger partial charge < -0.3 is 14.2 Å². The first-order valence-corrected chi connectivity index (χ1v) is 7.11. The van der Waals surface area contributed by atoms with Gasteiger partial charge in [0.1, 0.15) is 12.4 Å². The molecule has 6 heteroatoms. The molecule has 0 aliphatic rings. The molecule has 2 aromatic carbocycles. The van der Waals surface area contributed by atoms with Crippen molar-refractivity contribution in [2.75, 3.05) is 14.2 Å². The van der Waals surface area contributed by atoms with Crippen LogP contribution < -0.4 is 4.74 Å². The summed E-state index contributed by atoms with van der Waals surface area (Å²) < 4.78 is 15.0. The van der Waals surface area contributed by atoms with Gasteiger partial charge in [-0.05, 0) is 24.3 Å². The predicted octanol–water partition coefficient (Wildman–Crippen LogP) is 3.49. The Hall–Kier alpha value is -2.53. The highest BCUT2D eigenvalue weighted by atomic mass is 35.5. The zero-order chi connectivity index (χ0) is 16.8. The van der Waals surface area contributed by atoms with E-state index in [9.17, 15) is 9.59 Å². The lowest BCUT2D eigenvalue weighted by Gasteiger charge is -2.10. The van der Waals surface area contributed by atoms with Crippen LogP contribution in [-0.4, -0.2) is 26.2 Å². The van der Waals surface area contributed by atoms with Gasteiger partial charge in [-0.25, -0.2) is 9.59 Å². The summed E-state index contributed by atoms with van der Waals surface area (Å²) >= 11 is 6.07. The number of ether oxygens (including phenoxy) is 3. The molecule has 0 amide bonds. The van der Waals surface area contributed by atoms with Gasteiger partial charge >= 0.3 is 11.9 Å². The highest BCUT2D eigenvalue weighted by Crippen LogP contribution is 2.22. The third kappa shape index (κ3) is 4.23. The van der Waals surface area contributed by atoms with Crippen molar-refractivity contribution in [1.29, 1.82) is 0 Å². The molecule has 0 radical (unpaired) electrons. The van der Waals surface area contributed by atoms with Crippen molar-refractivity contribution in [3.8, 4) is 5.75 Å². The molecule has 0 aliphatic carbocycles. The number of methoxy groups -OCH3 is 2. The largest absolute Gasteiger partial charge is 0.489 e. The maximum Gasteiger partial charge on any atom is 0.338 e. The Morgan fingerprint density at radius 3 is 2.04 bits per heavy atom. The number of hydrogen-bond acceptors (Lipinski definition) is 5. The van der Waals surface area contributed by atoms with E-state index in [1.54, 1.807) is 6.07 Å². The molecule has 0 spiro atoms. The molecule has 2 rings (SSSR count). The monoisotopic (exact) mass is 334 g/mol. The number of halogens is 1. The SMILES string of the molecule is COC(=O)c1cc(OCc2ccccc2Cl)cc(C(=O)OC)c1. The fraction of sp³-hybridized carbons (Fsp3) is 0.176. The van der Waals surface area contributed by atoms with Crippen LogP contribution in [0.25, 0.3) is 0 Å². The average molecular weight is 335 g/mol. The molecule has 23 heavy (non-hydrogen) atoms. The van der Waals surface area contributed by atoms with Crippen LogP contribution in [0.15, 0.2) is 42.5 Å². The van der Waals surface area contributed by atoms with Gasteiger partial charge in [-0.15, -0.1) is 0 Å². The molecule has 0 aromatic heterocycles. The van der Waals surface area contributed by atoms with E-state index in [0.717, 1.165) is 5.56 Å². The normalized spacial score (nSPS) is 10.0. The number of esters is 2. The predicted molar refractivity (Wildman–Crippen MR) is 84.9 cm³/mol. The molecule has 0 aliphatic heterocycles. The molecular formula is C17H15ClO5. The molecule has 0 N–H and O–H groups in total. The molecule has 120 valence electrons. The van der Waals surface area contributed by atoms with E-state index in [0.29, 0.717) is 10.8 Å². The van der Waals surface area contributed by atoms with E-state index >= 15 is 0 Å². The van der Waals surface area contributed by atoms with Crippen LogP contribution in [0.2, 0.25) is 5.02 Å². The van der Waals surface area contributed by atoms with E-state index in [1.807, 2.05) is 18.2 Å². The van der Waals surface area contributed by atoms with Gasteiger partial charge in [0.2, 0.25) is 0 Å². The van der Waals surface area contributed by atoms with Gasteiger partial charge in [0.15, 0.2) is 0 Å². The highest BCUT2D eigenvalue weighted by molar-refractivity contribution is 6.31. The van der Waals surface area contributed by atoms with E-state index in [4.69, 9.17) is 16.3 Å². The van der Waals surface area contributed by atoms with E-state index in [2.05, 4.69) is 9.47 Å². The van der Waals surface area contributed by atoms with Crippen LogP contribution in [0.5, 0.6) is 5.75 Å². The average Bonchev–Trinajstić information content (AvgIpc) is 2.59. The summed E-state index contributed by atoms with van der Waals surface area (Å²) in [4.78, 5) is 23.4. The maximum absolute atomic E-state index is 11.7. The maximum atomic E-state index is 11.7. The molecule has 0 atom stereocenters.